The van der Waals surface area contributed by atoms with E-state index in [0.29, 0.717) is 22.4 Å². The van der Waals surface area contributed by atoms with Crippen LogP contribution in [0.5, 0.6) is 0 Å². The van der Waals surface area contributed by atoms with Crippen LogP contribution in [-0.2, 0) is 9.36 Å². The molecule has 0 saturated carbocycles. The van der Waals surface area contributed by atoms with Gasteiger partial charge in [0.2, 0.25) is 18.2 Å². The molecule has 2 aromatic carbocycles. The van der Waals surface area contributed by atoms with Crippen molar-refractivity contribution in [3.8, 4) is 0 Å². The Morgan fingerprint density at radius 2 is 1.47 bits per heavy atom. The molecule has 30 heavy (non-hydrogen) atoms. The Morgan fingerprint density at radius 1 is 0.900 bits per heavy atom. The highest BCUT2D eigenvalue weighted by Gasteiger charge is 2.45. The molecule has 0 fully saturated rings. The van der Waals surface area contributed by atoms with Gasteiger partial charge in [-0.25, -0.2) is 0 Å². The number of rotatable bonds is 5. The number of aryl methyl sites for hydroxylation is 3. The normalized spacial score (nSPS) is 18.6. The Balaban J connectivity index is 2.26. The van der Waals surface area contributed by atoms with E-state index in [9.17, 15) is 14.2 Å². The van der Waals surface area contributed by atoms with Crippen molar-refractivity contribution in [1.29, 1.82) is 0 Å². The Kier molecular flexibility index (Phi) is 6.15. The van der Waals surface area contributed by atoms with Gasteiger partial charge in [0, 0.05) is 16.4 Å². The summed E-state index contributed by atoms with van der Waals surface area (Å²) in [6, 6.07) is 12.3. The molecule has 2 unspecified atom stereocenters. The van der Waals surface area contributed by atoms with E-state index in [1.807, 2.05) is 52.8 Å². The van der Waals surface area contributed by atoms with Gasteiger partial charge in [-0.3, -0.25) is 9.59 Å². The summed E-state index contributed by atoms with van der Waals surface area (Å²) in [7, 11) is -4.08. The highest BCUT2D eigenvalue weighted by molar-refractivity contribution is 8.01. The van der Waals surface area contributed by atoms with Gasteiger partial charge in [-0.05, 0) is 63.7 Å². The molecule has 1 aliphatic rings. The summed E-state index contributed by atoms with van der Waals surface area (Å²) in [5, 5.41) is 0.297. The van der Waals surface area contributed by atoms with Gasteiger partial charge in [-0.2, -0.15) is 0 Å². The van der Waals surface area contributed by atoms with Crippen molar-refractivity contribution < 1.29 is 14.2 Å². The Hall–Kier alpha value is -2.51. The fourth-order valence-electron chi connectivity index (χ4n) is 4.64. The lowest BCUT2D eigenvalue weighted by Gasteiger charge is -2.25. The van der Waals surface area contributed by atoms with Gasteiger partial charge in [0.15, 0.2) is 0 Å². The summed E-state index contributed by atoms with van der Waals surface area (Å²) < 4.78 is 14.5. The summed E-state index contributed by atoms with van der Waals surface area (Å²) in [6.07, 6.45) is 2.76. The molecular formula is C26H29O3P. The maximum atomic E-state index is 14.5. The minimum Gasteiger partial charge on any atom is -0.302 e. The summed E-state index contributed by atoms with van der Waals surface area (Å²) >= 11 is 0. The maximum Gasteiger partial charge on any atom is 0.248 e. The molecule has 0 aliphatic heterocycles. The van der Waals surface area contributed by atoms with Crippen LogP contribution in [0.25, 0.3) is 0 Å². The van der Waals surface area contributed by atoms with Crippen LogP contribution in [0.4, 0.5) is 0 Å². The van der Waals surface area contributed by atoms with E-state index in [1.165, 1.54) is 0 Å². The minimum absolute atomic E-state index is 0.297. The van der Waals surface area contributed by atoms with Gasteiger partial charge in [-0.15, -0.1) is 0 Å². The molecule has 0 amide bonds. The maximum absolute atomic E-state index is 14.5. The molecule has 0 saturated heterocycles. The van der Waals surface area contributed by atoms with Crippen LogP contribution in [-0.4, -0.2) is 11.0 Å². The Bertz CT molecular complexity index is 1110. The fraction of sp³-hybridized carbons (Fsp3) is 0.308. The van der Waals surface area contributed by atoms with Crippen molar-refractivity contribution in [3.63, 3.8) is 0 Å². The van der Waals surface area contributed by atoms with Crippen LogP contribution in [0, 0.1) is 26.7 Å². The number of benzene rings is 2. The first-order chi connectivity index (χ1) is 14.1. The quantitative estimate of drug-likeness (QED) is 0.536. The first-order valence-electron chi connectivity index (χ1n) is 10.3. The summed E-state index contributed by atoms with van der Waals surface area (Å²) in [5.74, 6) is 0.315. The third-order valence-electron chi connectivity index (χ3n) is 5.78. The Morgan fingerprint density at radius 3 is 2.00 bits per heavy atom. The molecule has 0 bridgehead atoms. The average Bonchev–Trinajstić information content (AvgIpc) is 2.66. The third-order valence-corrected chi connectivity index (χ3v) is 8.40. The largest absolute Gasteiger partial charge is 0.302 e. The van der Waals surface area contributed by atoms with Crippen LogP contribution >= 0.6 is 7.14 Å². The van der Waals surface area contributed by atoms with Crippen molar-refractivity contribution in [2.75, 3.05) is 0 Å². The van der Waals surface area contributed by atoms with Crippen molar-refractivity contribution in [3.05, 3.63) is 87.5 Å². The van der Waals surface area contributed by atoms with Crippen LogP contribution in [0.3, 0.4) is 0 Å². The predicted octanol–water partition coefficient (Wildman–Crippen LogP) is 6.27. The number of hydrogen-bond acceptors (Lipinski definition) is 3. The molecule has 2 aromatic rings. The molecule has 4 heteroatoms. The molecule has 156 valence electrons. The molecular weight excluding hydrogens is 391 g/mol. The highest BCUT2D eigenvalue weighted by Crippen LogP contribution is 2.53. The van der Waals surface area contributed by atoms with Crippen LogP contribution in [0.15, 0.2) is 65.3 Å². The average molecular weight is 420 g/mol. The van der Waals surface area contributed by atoms with Crippen molar-refractivity contribution in [1.82, 2.24) is 0 Å². The van der Waals surface area contributed by atoms with E-state index in [-0.39, 0.29) is 0 Å². The third kappa shape index (κ3) is 3.79. The smallest absolute Gasteiger partial charge is 0.248 e. The van der Waals surface area contributed by atoms with E-state index in [1.54, 1.807) is 30.3 Å². The topological polar surface area (TPSA) is 51.2 Å². The zero-order valence-corrected chi connectivity index (χ0v) is 19.5. The van der Waals surface area contributed by atoms with E-state index in [2.05, 4.69) is 6.92 Å². The van der Waals surface area contributed by atoms with E-state index >= 15 is 0 Å². The van der Waals surface area contributed by atoms with Gasteiger partial charge in [0.05, 0.1) is 0 Å². The van der Waals surface area contributed by atoms with Gasteiger partial charge in [0.25, 0.3) is 0 Å². The van der Waals surface area contributed by atoms with Crippen molar-refractivity contribution >= 4 is 23.5 Å². The lowest BCUT2D eigenvalue weighted by molar-refractivity contribution is -0.108. The van der Waals surface area contributed by atoms with Crippen molar-refractivity contribution in [2.45, 2.75) is 48.0 Å². The zero-order chi connectivity index (χ0) is 22.2. The summed E-state index contributed by atoms with van der Waals surface area (Å²) in [5.41, 5.74) is 3.96. The van der Waals surface area contributed by atoms with Crippen molar-refractivity contribution in [2.24, 2.45) is 5.92 Å². The van der Waals surface area contributed by atoms with E-state index < -0.39 is 18.2 Å². The standard InChI is InChI=1S/C26H29O3P/c1-16-12-18(3)23(19(4)13-16)25(27)30(29,22-10-8-7-9-11-22)26(28)24-20(5)14-17(2)15-21(24)6/h7-14,17H,15H2,1-6H3. The second-order valence-corrected chi connectivity index (χ2v) is 11.1. The van der Waals surface area contributed by atoms with Crippen LogP contribution < -0.4 is 5.30 Å². The Labute approximate surface area is 179 Å². The van der Waals surface area contributed by atoms with Crippen LogP contribution in [0.2, 0.25) is 0 Å². The predicted molar refractivity (Wildman–Crippen MR) is 124 cm³/mol. The van der Waals surface area contributed by atoms with Gasteiger partial charge in [0.1, 0.15) is 0 Å². The molecule has 2 atom stereocenters. The lowest BCUT2D eigenvalue weighted by atomic mass is 9.87. The molecule has 0 spiro atoms. The molecule has 3 rings (SSSR count). The number of hydrogen-bond donors (Lipinski definition) is 0. The summed E-state index contributed by atoms with van der Waals surface area (Å²) in [6.45, 7) is 11.5. The second kappa shape index (κ2) is 8.32. The van der Waals surface area contributed by atoms with Gasteiger partial charge < -0.3 is 4.57 Å². The highest BCUT2D eigenvalue weighted by atomic mass is 31.2. The molecule has 0 heterocycles. The van der Waals surface area contributed by atoms with Gasteiger partial charge in [-0.1, -0.05) is 66.6 Å². The molecule has 0 N–H and O–H groups in total. The fourth-order valence-corrected chi connectivity index (χ4v) is 7.23. The van der Waals surface area contributed by atoms with E-state index in [0.717, 1.165) is 34.3 Å². The number of allylic oxidation sites excluding steroid dienone is 4. The first kappa shape index (κ1) is 22.2. The summed E-state index contributed by atoms with van der Waals surface area (Å²) in [4.78, 5) is 27.7. The molecule has 3 nitrogen and oxygen atoms in total. The van der Waals surface area contributed by atoms with E-state index in [4.69, 9.17) is 0 Å². The second-order valence-electron chi connectivity index (χ2n) is 8.52. The van der Waals surface area contributed by atoms with Gasteiger partial charge >= 0.3 is 0 Å². The minimum atomic E-state index is -4.08. The first-order valence-corrected chi connectivity index (χ1v) is 12.0. The monoisotopic (exact) mass is 420 g/mol. The number of carbonyl (C=O) groups excluding carboxylic acids is 2. The number of carbonyl (C=O) groups is 2. The zero-order valence-electron chi connectivity index (χ0n) is 18.6. The van der Waals surface area contributed by atoms with Crippen LogP contribution in [0.1, 0.15) is 54.2 Å². The molecule has 0 aromatic heterocycles. The molecule has 0 radical (unpaired) electrons. The SMILES string of the molecule is CC1=CC(C)CC(C)=C1C(=O)P(=O)(C(=O)c1c(C)cc(C)cc1C)c1ccccc1. The lowest BCUT2D eigenvalue weighted by Crippen LogP contribution is -2.24. The molecule has 1 aliphatic carbocycles.